The van der Waals surface area contributed by atoms with Gasteiger partial charge in [-0.2, -0.15) is 0 Å². The van der Waals surface area contributed by atoms with Crippen LogP contribution >= 0.6 is 0 Å². The summed E-state index contributed by atoms with van der Waals surface area (Å²) in [5, 5.41) is 6.64. The number of amides is 1. The molecule has 1 aliphatic carbocycles. The minimum Gasteiger partial charge on any atom is -0.351 e. The molecule has 1 saturated heterocycles. The predicted molar refractivity (Wildman–Crippen MR) is 109 cm³/mol. The van der Waals surface area contributed by atoms with E-state index in [-0.39, 0.29) is 17.2 Å². The summed E-state index contributed by atoms with van der Waals surface area (Å²) in [6.07, 6.45) is 1.80. The van der Waals surface area contributed by atoms with E-state index in [9.17, 15) is 4.79 Å². The van der Waals surface area contributed by atoms with Crippen molar-refractivity contribution in [1.29, 1.82) is 0 Å². The molecule has 3 unspecified atom stereocenters. The summed E-state index contributed by atoms with van der Waals surface area (Å²) in [7, 11) is 1.98. The third-order valence-electron chi connectivity index (χ3n) is 6.38. The molecule has 1 aromatic rings. The van der Waals surface area contributed by atoms with Gasteiger partial charge in [0, 0.05) is 25.1 Å². The van der Waals surface area contributed by atoms with E-state index in [1.54, 1.807) is 6.20 Å². The molecule has 0 aromatic heterocycles. The van der Waals surface area contributed by atoms with Crippen molar-refractivity contribution in [3.8, 4) is 0 Å². The van der Waals surface area contributed by atoms with E-state index in [1.807, 2.05) is 31.9 Å². The maximum absolute atomic E-state index is 12.9. The van der Waals surface area contributed by atoms with Crippen molar-refractivity contribution < 1.29 is 4.79 Å². The highest BCUT2D eigenvalue weighted by atomic mass is 16.2. The van der Waals surface area contributed by atoms with Crippen LogP contribution in [-0.4, -0.2) is 31.6 Å². The molecule has 2 aliphatic rings. The zero-order chi connectivity index (χ0) is 19.3. The largest absolute Gasteiger partial charge is 0.351 e. The van der Waals surface area contributed by atoms with E-state index in [4.69, 9.17) is 0 Å². The molecule has 1 amide bonds. The van der Waals surface area contributed by atoms with Crippen LogP contribution in [0.15, 0.2) is 37.6 Å². The maximum atomic E-state index is 12.9. The van der Waals surface area contributed by atoms with Gasteiger partial charge in [-0.05, 0) is 56.0 Å². The first-order valence-corrected chi connectivity index (χ1v) is 9.31. The van der Waals surface area contributed by atoms with E-state index in [2.05, 4.69) is 49.8 Å². The average molecular weight is 354 g/mol. The first kappa shape index (κ1) is 18.7. The second-order valence-electron chi connectivity index (χ2n) is 8.58. The Labute approximate surface area is 157 Å². The van der Waals surface area contributed by atoms with E-state index >= 15 is 0 Å². The number of anilines is 1. The number of aryl methyl sites for hydroxylation is 1. The lowest BCUT2D eigenvalue weighted by atomic mass is 9.87. The van der Waals surface area contributed by atoms with E-state index in [1.165, 1.54) is 0 Å². The Morgan fingerprint density at radius 3 is 2.73 bits per heavy atom. The highest BCUT2D eigenvalue weighted by Crippen LogP contribution is 2.60. The number of fused-ring (bicyclic) bond motifs is 1. The number of piperidine rings is 1. The van der Waals surface area contributed by atoms with Gasteiger partial charge in [-0.25, -0.2) is 0 Å². The van der Waals surface area contributed by atoms with Crippen molar-refractivity contribution in [3.63, 3.8) is 0 Å². The van der Waals surface area contributed by atoms with Crippen LogP contribution in [-0.2, 0) is 4.79 Å². The quantitative estimate of drug-likeness (QED) is 0.824. The molecule has 0 radical (unpaired) electrons. The number of nitrogens with one attached hydrogen (secondary N) is 2. The highest BCUT2D eigenvalue weighted by Gasteiger charge is 2.67. The number of hydrogen-bond acceptors (Lipinski definition) is 3. The number of para-hydroxylation sites is 1. The van der Waals surface area contributed by atoms with Crippen molar-refractivity contribution in [2.24, 2.45) is 17.3 Å². The lowest BCUT2D eigenvalue weighted by molar-refractivity contribution is -0.124. The smallest absolute Gasteiger partial charge is 0.224 e. The molecule has 2 N–H and O–H groups in total. The van der Waals surface area contributed by atoms with E-state index in [0.29, 0.717) is 5.92 Å². The Balaban J connectivity index is 1.82. The standard InChI is InChI=1S/C22H31N3O/c1-8-25(7)19-14(2)10-9-11-16(19)15(3)21(4,5)24-20(26)18-17-12-23-13-22(17,18)6/h8-11,17-18,23H,1,3,12-13H2,2,4-7H3,(H,24,26). The molecule has 2 fully saturated rings. The van der Waals surface area contributed by atoms with Gasteiger partial charge < -0.3 is 15.5 Å². The van der Waals surface area contributed by atoms with E-state index in [0.717, 1.165) is 35.5 Å². The van der Waals surface area contributed by atoms with Crippen LogP contribution in [0.3, 0.4) is 0 Å². The van der Waals surface area contributed by atoms with Crippen LogP contribution in [0.25, 0.3) is 5.57 Å². The van der Waals surface area contributed by atoms with Crippen molar-refractivity contribution in [3.05, 3.63) is 48.7 Å². The number of carbonyl (C=O) groups is 1. The van der Waals surface area contributed by atoms with Crippen molar-refractivity contribution >= 4 is 17.2 Å². The summed E-state index contributed by atoms with van der Waals surface area (Å²) in [4.78, 5) is 14.9. The van der Waals surface area contributed by atoms with Gasteiger partial charge in [-0.3, -0.25) is 4.79 Å². The Morgan fingerprint density at radius 1 is 1.46 bits per heavy atom. The molecule has 1 aromatic carbocycles. The summed E-state index contributed by atoms with van der Waals surface area (Å²) in [6.45, 7) is 18.5. The van der Waals surface area contributed by atoms with Gasteiger partial charge in [0.1, 0.15) is 0 Å². The number of nitrogens with zero attached hydrogens (tertiary/aromatic N) is 1. The molecule has 3 atom stereocenters. The van der Waals surface area contributed by atoms with Crippen molar-refractivity contribution in [2.75, 3.05) is 25.0 Å². The Kier molecular flexibility index (Phi) is 4.51. The molecule has 26 heavy (non-hydrogen) atoms. The summed E-state index contributed by atoms with van der Waals surface area (Å²) in [5.41, 5.74) is 3.79. The maximum Gasteiger partial charge on any atom is 0.224 e. The number of benzene rings is 1. The number of rotatable bonds is 6. The lowest BCUT2D eigenvalue weighted by Gasteiger charge is -2.32. The normalized spacial score (nSPS) is 26.8. The van der Waals surface area contributed by atoms with Crippen molar-refractivity contribution in [1.82, 2.24) is 10.6 Å². The average Bonchev–Trinajstić information content (AvgIpc) is 2.98. The first-order chi connectivity index (χ1) is 12.1. The molecule has 4 heteroatoms. The monoisotopic (exact) mass is 353 g/mol. The molecular formula is C22H31N3O. The van der Waals surface area contributed by atoms with Gasteiger partial charge in [0.2, 0.25) is 5.91 Å². The molecule has 0 spiro atoms. The topological polar surface area (TPSA) is 44.4 Å². The fourth-order valence-electron chi connectivity index (χ4n) is 4.49. The Morgan fingerprint density at radius 2 is 2.15 bits per heavy atom. The van der Waals surface area contributed by atoms with Gasteiger partial charge in [0.15, 0.2) is 0 Å². The van der Waals surface area contributed by atoms with Crippen LogP contribution in [0, 0.1) is 24.2 Å². The Bertz CT molecular complexity index is 767. The summed E-state index contributed by atoms with van der Waals surface area (Å²) < 4.78 is 0. The number of carbonyl (C=O) groups excluding carboxylic acids is 1. The van der Waals surface area contributed by atoms with Crippen LogP contribution in [0.4, 0.5) is 5.69 Å². The lowest BCUT2D eigenvalue weighted by Crippen LogP contribution is -2.46. The van der Waals surface area contributed by atoms with E-state index < -0.39 is 5.54 Å². The zero-order valence-electron chi connectivity index (χ0n) is 16.6. The summed E-state index contributed by atoms with van der Waals surface area (Å²) >= 11 is 0. The van der Waals surface area contributed by atoms with Gasteiger partial charge in [0.05, 0.1) is 11.2 Å². The van der Waals surface area contributed by atoms with Gasteiger partial charge >= 0.3 is 0 Å². The van der Waals surface area contributed by atoms with Gasteiger partial charge in [-0.15, -0.1) is 0 Å². The molecule has 3 rings (SSSR count). The highest BCUT2D eigenvalue weighted by molar-refractivity contribution is 5.89. The molecule has 140 valence electrons. The van der Waals surface area contributed by atoms with Crippen LogP contribution < -0.4 is 15.5 Å². The van der Waals surface area contributed by atoms with Crippen LogP contribution in [0.1, 0.15) is 31.9 Å². The minimum absolute atomic E-state index is 0.114. The fraction of sp³-hybridized carbons (Fsp3) is 0.500. The van der Waals surface area contributed by atoms with Gasteiger partial charge in [0.25, 0.3) is 0 Å². The SMILES string of the molecule is C=CN(C)c1c(C)cccc1C(=C)C(C)(C)NC(=O)C1C2CNCC21C. The third kappa shape index (κ3) is 2.86. The second-order valence-corrected chi connectivity index (χ2v) is 8.58. The molecule has 4 nitrogen and oxygen atoms in total. The van der Waals surface area contributed by atoms with Gasteiger partial charge in [-0.1, -0.05) is 38.3 Å². The third-order valence-corrected chi connectivity index (χ3v) is 6.38. The zero-order valence-corrected chi connectivity index (χ0v) is 16.6. The molecule has 1 aliphatic heterocycles. The van der Waals surface area contributed by atoms with Crippen molar-refractivity contribution in [2.45, 2.75) is 33.2 Å². The molecule has 0 bridgehead atoms. The minimum atomic E-state index is -0.525. The second kappa shape index (κ2) is 6.27. The Hall–Kier alpha value is -2.07. The fourth-order valence-corrected chi connectivity index (χ4v) is 4.49. The first-order valence-electron chi connectivity index (χ1n) is 9.31. The summed E-state index contributed by atoms with van der Waals surface area (Å²) in [6, 6.07) is 6.18. The molecule has 1 saturated carbocycles. The molecular weight excluding hydrogens is 322 g/mol. The summed E-state index contributed by atoms with van der Waals surface area (Å²) in [5.74, 6) is 0.730. The number of hydrogen-bond donors (Lipinski definition) is 2. The van der Waals surface area contributed by atoms with Crippen LogP contribution in [0.5, 0.6) is 0 Å². The van der Waals surface area contributed by atoms with Crippen LogP contribution in [0.2, 0.25) is 0 Å². The predicted octanol–water partition coefficient (Wildman–Crippen LogP) is 3.34. The molecule has 1 heterocycles.